The van der Waals surface area contributed by atoms with E-state index in [0.717, 1.165) is 32.2 Å². The molecule has 0 saturated carbocycles. The normalized spacial score (nSPS) is 12.8. The molecule has 1 unspecified atom stereocenters. The second-order valence-corrected chi connectivity index (χ2v) is 14.1. The molecule has 0 N–H and O–H groups in total. The molecule has 0 saturated heterocycles. The predicted molar refractivity (Wildman–Crippen MR) is 206 cm³/mol. The summed E-state index contributed by atoms with van der Waals surface area (Å²) in [5, 5.41) is 0. The summed E-state index contributed by atoms with van der Waals surface area (Å²) in [6, 6.07) is 0. The number of carbonyl (C=O) groups is 1. The van der Waals surface area contributed by atoms with Crippen molar-refractivity contribution in [1.29, 1.82) is 0 Å². The van der Waals surface area contributed by atoms with Crippen LogP contribution in [0.15, 0.2) is 36.5 Å². The summed E-state index contributed by atoms with van der Waals surface area (Å²) in [6.45, 7) is 5.49. The monoisotopic (exact) mass is 644 g/mol. The lowest BCUT2D eigenvalue weighted by Gasteiger charge is -2.18. The van der Waals surface area contributed by atoms with Gasteiger partial charge in [0.25, 0.3) is 0 Å². The van der Waals surface area contributed by atoms with E-state index in [9.17, 15) is 4.79 Å². The molecule has 0 amide bonds. The van der Waals surface area contributed by atoms with Gasteiger partial charge < -0.3 is 9.64 Å². The molecule has 3 heteroatoms. The largest absolute Gasteiger partial charge is 0.462 e. The van der Waals surface area contributed by atoms with E-state index in [1.165, 1.54) is 161 Å². The zero-order valence-electron chi connectivity index (χ0n) is 31.7. The molecule has 46 heavy (non-hydrogen) atoms. The number of rotatable bonds is 36. The van der Waals surface area contributed by atoms with E-state index < -0.39 is 0 Å². The first-order chi connectivity index (χ1) is 22.6. The summed E-state index contributed by atoms with van der Waals surface area (Å²) < 4.78 is 6.00. The van der Waals surface area contributed by atoms with Crippen LogP contribution in [0.3, 0.4) is 0 Å². The van der Waals surface area contributed by atoms with Crippen LogP contribution in [0.5, 0.6) is 0 Å². The third-order valence-corrected chi connectivity index (χ3v) is 9.05. The van der Waals surface area contributed by atoms with Gasteiger partial charge in [0.2, 0.25) is 0 Å². The molecule has 0 aliphatic rings. The molecule has 0 spiro atoms. The molecule has 3 nitrogen and oxygen atoms in total. The fourth-order valence-electron chi connectivity index (χ4n) is 6.03. The minimum Gasteiger partial charge on any atom is -0.462 e. The van der Waals surface area contributed by atoms with Crippen LogP contribution in [0, 0.1) is 0 Å². The first kappa shape index (κ1) is 44.6. The number of unbranched alkanes of at least 4 members (excludes halogenated alkanes) is 21. The van der Waals surface area contributed by atoms with Gasteiger partial charge >= 0.3 is 5.97 Å². The van der Waals surface area contributed by atoms with E-state index in [4.69, 9.17) is 4.74 Å². The van der Waals surface area contributed by atoms with E-state index in [2.05, 4.69) is 69.3 Å². The SMILES string of the molecule is CCCCCC=CCC=CCCCCCCCCC(CCCCCCCCC=CCCCCCCCC)OC(=O)CCCN(C)C. The number of allylic oxidation sites excluding steroid dienone is 6. The molecule has 0 bridgehead atoms. The minimum absolute atomic E-state index is 0.0106. The molecule has 0 rings (SSSR count). The second kappa shape index (κ2) is 38.1. The first-order valence-electron chi connectivity index (χ1n) is 20.4. The molecule has 0 aromatic heterocycles. The van der Waals surface area contributed by atoms with Gasteiger partial charge in [-0.25, -0.2) is 0 Å². The van der Waals surface area contributed by atoms with Crippen LogP contribution in [0.4, 0.5) is 0 Å². The molecule has 0 fully saturated rings. The van der Waals surface area contributed by atoms with E-state index in [1.54, 1.807) is 0 Å². The maximum Gasteiger partial charge on any atom is 0.306 e. The van der Waals surface area contributed by atoms with Gasteiger partial charge in [-0.1, -0.05) is 147 Å². The summed E-state index contributed by atoms with van der Waals surface area (Å²) in [5.41, 5.74) is 0. The minimum atomic E-state index is 0.0106. The zero-order chi connectivity index (χ0) is 33.6. The second-order valence-electron chi connectivity index (χ2n) is 14.1. The van der Waals surface area contributed by atoms with Crippen LogP contribution in [0.1, 0.15) is 206 Å². The molecule has 270 valence electrons. The predicted octanol–water partition coefficient (Wildman–Crippen LogP) is 13.9. The first-order valence-corrected chi connectivity index (χ1v) is 20.4. The van der Waals surface area contributed by atoms with Crippen LogP contribution in [0.2, 0.25) is 0 Å². The number of nitrogens with zero attached hydrogens (tertiary/aromatic N) is 1. The smallest absolute Gasteiger partial charge is 0.306 e. The Morgan fingerprint density at radius 1 is 0.500 bits per heavy atom. The fraction of sp³-hybridized carbons (Fsp3) is 0.837. The maximum atomic E-state index is 12.5. The topological polar surface area (TPSA) is 29.5 Å². The van der Waals surface area contributed by atoms with Crippen LogP contribution in [-0.4, -0.2) is 37.6 Å². The third-order valence-electron chi connectivity index (χ3n) is 9.05. The number of hydrogen-bond acceptors (Lipinski definition) is 3. The Kier molecular flexibility index (Phi) is 37.0. The Bertz CT molecular complexity index is 695. The highest BCUT2D eigenvalue weighted by Gasteiger charge is 2.14. The van der Waals surface area contributed by atoms with Crippen LogP contribution in [0.25, 0.3) is 0 Å². The zero-order valence-corrected chi connectivity index (χ0v) is 31.7. The van der Waals surface area contributed by atoms with E-state index >= 15 is 0 Å². The fourth-order valence-corrected chi connectivity index (χ4v) is 6.03. The summed E-state index contributed by atoms with van der Waals surface area (Å²) >= 11 is 0. The van der Waals surface area contributed by atoms with Gasteiger partial charge in [-0.3, -0.25) is 4.79 Å². The van der Waals surface area contributed by atoms with Crippen molar-refractivity contribution in [3.8, 4) is 0 Å². The molecule has 0 radical (unpaired) electrons. The molecule has 0 aromatic rings. The van der Waals surface area contributed by atoms with Gasteiger partial charge in [-0.15, -0.1) is 0 Å². The molecule has 0 heterocycles. The van der Waals surface area contributed by atoms with Gasteiger partial charge in [-0.2, -0.15) is 0 Å². The van der Waals surface area contributed by atoms with E-state index in [-0.39, 0.29) is 12.1 Å². The summed E-state index contributed by atoms with van der Waals surface area (Å²) in [4.78, 5) is 14.7. The van der Waals surface area contributed by atoms with Crippen LogP contribution in [-0.2, 0) is 9.53 Å². The Balaban J connectivity index is 3.98. The van der Waals surface area contributed by atoms with Gasteiger partial charge in [-0.05, 0) is 111 Å². The average molecular weight is 644 g/mol. The Hall–Kier alpha value is -1.35. The summed E-state index contributed by atoms with van der Waals surface area (Å²) in [7, 11) is 4.13. The summed E-state index contributed by atoms with van der Waals surface area (Å²) in [5.74, 6) is 0.0106. The number of carbonyl (C=O) groups excluding carboxylic acids is 1. The van der Waals surface area contributed by atoms with Crippen LogP contribution < -0.4 is 0 Å². The number of ether oxygens (including phenoxy) is 1. The lowest BCUT2D eigenvalue weighted by atomic mass is 10.0. The van der Waals surface area contributed by atoms with Crippen molar-refractivity contribution < 1.29 is 9.53 Å². The highest BCUT2D eigenvalue weighted by molar-refractivity contribution is 5.69. The van der Waals surface area contributed by atoms with Crippen molar-refractivity contribution in [2.24, 2.45) is 0 Å². The Morgan fingerprint density at radius 2 is 0.870 bits per heavy atom. The molecule has 1 atom stereocenters. The lowest BCUT2D eigenvalue weighted by Crippen LogP contribution is -2.20. The number of esters is 1. The standard InChI is InChI=1S/C43H81NO2/c1-5-7-9-11-13-15-17-19-21-23-25-27-29-31-33-35-38-42(46-43(45)40-37-41-44(3)4)39-36-34-32-30-28-26-24-22-20-18-16-14-12-10-8-6-2/h13,15,19-22,42H,5-12,14,16-18,23-41H2,1-4H3. The molecule has 0 aromatic carbocycles. The third kappa shape index (κ3) is 37.1. The molecule has 0 aliphatic carbocycles. The van der Waals surface area contributed by atoms with E-state index in [1.807, 2.05) is 0 Å². The summed E-state index contributed by atoms with van der Waals surface area (Å²) in [6.07, 6.45) is 51.7. The molecular weight excluding hydrogens is 562 g/mol. The van der Waals surface area contributed by atoms with Crippen molar-refractivity contribution >= 4 is 5.97 Å². The molecular formula is C43H81NO2. The van der Waals surface area contributed by atoms with Gasteiger partial charge in [0.15, 0.2) is 0 Å². The van der Waals surface area contributed by atoms with Crippen molar-refractivity contribution in [3.05, 3.63) is 36.5 Å². The highest BCUT2D eigenvalue weighted by Crippen LogP contribution is 2.18. The van der Waals surface area contributed by atoms with Crippen molar-refractivity contribution in [3.63, 3.8) is 0 Å². The van der Waals surface area contributed by atoms with Crippen LogP contribution >= 0.6 is 0 Å². The van der Waals surface area contributed by atoms with Crippen molar-refractivity contribution in [1.82, 2.24) is 4.90 Å². The van der Waals surface area contributed by atoms with Gasteiger partial charge in [0, 0.05) is 6.42 Å². The van der Waals surface area contributed by atoms with Gasteiger partial charge in [0.1, 0.15) is 6.10 Å². The average Bonchev–Trinajstić information content (AvgIpc) is 3.04. The maximum absolute atomic E-state index is 12.5. The van der Waals surface area contributed by atoms with E-state index in [0.29, 0.717) is 6.42 Å². The molecule has 0 aliphatic heterocycles. The number of hydrogen-bond donors (Lipinski definition) is 0. The van der Waals surface area contributed by atoms with Crippen molar-refractivity contribution in [2.45, 2.75) is 213 Å². The van der Waals surface area contributed by atoms with Gasteiger partial charge in [0.05, 0.1) is 0 Å². The Morgan fingerprint density at radius 3 is 1.33 bits per heavy atom. The highest BCUT2D eigenvalue weighted by atomic mass is 16.5. The lowest BCUT2D eigenvalue weighted by molar-refractivity contribution is -0.150. The Labute approximate surface area is 289 Å². The van der Waals surface area contributed by atoms with Crippen molar-refractivity contribution in [2.75, 3.05) is 20.6 Å². The quantitative estimate of drug-likeness (QED) is 0.0386.